The van der Waals surface area contributed by atoms with E-state index >= 15 is 0 Å². The Hall–Kier alpha value is -1.97. The maximum absolute atomic E-state index is 12.4. The van der Waals surface area contributed by atoms with Gasteiger partial charge in [0.25, 0.3) is 5.91 Å². The monoisotopic (exact) mass is 368 g/mol. The normalized spacial score (nSPS) is 22.9. The van der Waals surface area contributed by atoms with Crippen molar-refractivity contribution < 1.29 is 19.1 Å². The smallest absolute Gasteiger partial charge is 0.252 e. The van der Waals surface area contributed by atoms with Gasteiger partial charge in [-0.2, -0.15) is 0 Å². The highest BCUT2D eigenvalue weighted by Gasteiger charge is 2.35. The van der Waals surface area contributed by atoms with Crippen molar-refractivity contribution in [3.63, 3.8) is 0 Å². The summed E-state index contributed by atoms with van der Waals surface area (Å²) in [4.78, 5) is 24.7. The molecule has 1 aromatic carbocycles. The van der Waals surface area contributed by atoms with Crippen molar-refractivity contribution in [1.82, 2.24) is 16.0 Å². The van der Waals surface area contributed by atoms with Crippen LogP contribution >= 0.6 is 11.8 Å². The molecule has 3 unspecified atom stereocenters. The molecular weight excluding hydrogens is 344 g/mol. The van der Waals surface area contributed by atoms with Crippen LogP contribution in [0, 0.1) is 0 Å². The molecule has 9 heteroatoms. The fourth-order valence-corrected chi connectivity index (χ4v) is 3.30. The third-order valence-corrected chi connectivity index (χ3v) is 4.91. The Bertz CT molecular complexity index is 628. The summed E-state index contributed by atoms with van der Waals surface area (Å²) in [7, 11) is 3.00. The molecule has 2 amide bonds. The zero-order chi connectivity index (χ0) is 18.4. The van der Waals surface area contributed by atoms with E-state index < -0.39 is 18.1 Å². The number of hydrogen-bond donors (Lipinski definition) is 4. The van der Waals surface area contributed by atoms with Gasteiger partial charge in [0.05, 0.1) is 20.4 Å². The SMILES string of the molecule is CCCSC1NC(=O)C(NC(=O)c2ccc(OC)c(OC)c2)C(N)N1. The molecule has 1 aliphatic heterocycles. The van der Waals surface area contributed by atoms with Crippen molar-refractivity contribution in [1.29, 1.82) is 0 Å². The molecule has 5 N–H and O–H groups in total. The minimum atomic E-state index is -0.862. The van der Waals surface area contributed by atoms with Crippen LogP contribution in [0.4, 0.5) is 0 Å². The van der Waals surface area contributed by atoms with Gasteiger partial charge in [-0.15, -0.1) is 11.8 Å². The molecule has 2 rings (SSSR count). The van der Waals surface area contributed by atoms with Crippen LogP contribution in [0.3, 0.4) is 0 Å². The topological polar surface area (TPSA) is 115 Å². The highest BCUT2D eigenvalue weighted by Crippen LogP contribution is 2.27. The number of carbonyl (C=O) groups excluding carboxylic acids is 2. The second kappa shape index (κ2) is 8.93. The van der Waals surface area contributed by atoms with Gasteiger partial charge in [-0.3, -0.25) is 14.9 Å². The van der Waals surface area contributed by atoms with Crippen LogP contribution in [-0.2, 0) is 4.79 Å². The van der Waals surface area contributed by atoms with Gasteiger partial charge in [0, 0.05) is 5.56 Å². The van der Waals surface area contributed by atoms with Gasteiger partial charge < -0.3 is 25.8 Å². The van der Waals surface area contributed by atoms with Crippen LogP contribution in [0.2, 0.25) is 0 Å². The molecule has 1 aromatic rings. The molecule has 1 aliphatic rings. The second-order valence-corrected chi connectivity index (χ2v) is 6.69. The molecule has 1 saturated heterocycles. The Balaban J connectivity index is 2.04. The minimum Gasteiger partial charge on any atom is -0.493 e. The van der Waals surface area contributed by atoms with Crippen LogP contribution in [0.5, 0.6) is 11.5 Å². The van der Waals surface area contributed by atoms with Crippen molar-refractivity contribution in [3.8, 4) is 11.5 Å². The predicted molar refractivity (Wildman–Crippen MR) is 96.6 cm³/mol. The van der Waals surface area contributed by atoms with E-state index in [1.807, 2.05) is 0 Å². The van der Waals surface area contributed by atoms with Gasteiger partial charge in [0.2, 0.25) is 5.91 Å². The maximum atomic E-state index is 12.4. The van der Waals surface area contributed by atoms with E-state index in [2.05, 4.69) is 22.9 Å². The van der Waals surface area contributed by atoms with Crippen molar-refractivity contribution in [2.45, 2.75) is 31.0 Å². The van der Waals surface area contributed by atoms with Gasteiger partial charge in [0.15, 0.2) is 11.5 Å². The van der Waals surface area contributed by atoms with Gasteiger partial charge in [-0.1, -0.05) is 6.92 Å². The molecule has 1 fully saturated rings. The van der Waals surface area contributed by atoms with Crippen molar-refractivity contribution in [2.24, 2.45) is 5.73 Å². The first-order valence-corrected chi connectivity index (χ1v) is 9.01. The number of rotatable bonds is 7. The molecule has 0 saturated carbocycles. The number of ether oxygens (including phenoxy) is 2. The molecule has 0 bridgehead atoms. The second-order valence-electron chi connectivity index (χ2n) is 5.47. The van der Waals surface area contributed by atoms with E-state index in [-0.39, 0.29) is 11.4 Å². The molecular formula is C16H24N4O4S. The van der Waals surface area contributed by atoms with Gasteiger partial charge in [-0.25, -0.2) is 0 Å². The van der Waals surface area contributed by atoms with Gasteiger partial charge >= 0.3 is 0 Å². The zero-order valence-electron chi connectivity index (χ0n) is 14.5. The van der Waals surface area contributed by atoms with Crippen LogP contribution in [0.1, 0.15) is 23.7 Å². The van der Waals surface area contributed by atoms with E-state index in [1.54, 1.807) is 30.0 Å². The van der Waals surface area contributed by atoms with Crippen molar-refractivity contribution in [2.75, 3.05) is 20.0 Å². The molecule has 3 atom stereocenters. The summed E-state index contributed by atoms with van der Waals surface area (Å²) in [5, 5.41) is 8.54. The standard InChI is InChI=1S/C16H24N4O4S/c1-4-7-25-16-19-13(17)12(15(22)20-16)18-14(21)9-5-6-10(23-2)11(8-9)24-3/h5-6,8,12-13,16,19H,4,7,17H2,1-3H3,(H,18,21)(H,20,22). The lowest BCUT2D eigenvalue weighted by atomic mass is 10.1. The van der Waals surface area contributed by atoms with Gasteiger partial charge in [0.1, 0.15) is 11.5 Å². The number of hydrogen-bond acceptors (Lipinski definition) is 7. The Morgan fingerprint density at radius 2 is 2.04 bits per heavy atom. The molecule has 138 valence electrons. The predicted octanol–water partition coefficient (Wildman–Crippen LogP) is 0.233. The zero-order valence-corrected chi connectivity index (χ0v) is 15.3. The number of nitrogens with two attached hydrogens (primary N) is 1. The third-order valence-electron chi connectivity index (χ3n) is 3.68. The summed E-state index contributed by atoms with van der Waals surface area (Å²) >= 11 is 1.57. The first-order valence-electron chi connectivity index (χ1n) is 7.96. The van der Waals surface area contributed by atoms with Crippen LogP contribution in [-0.4, -0.2) is 49.5 Å². The molecule has 8 nitrogen and oxygen atoms in total. The van der Waals surface area contributed by atoms with Crippen molar-refractivity contribution >= 4 is 23.6 Å². The molecule has 25 heavy (non-hydrogen) atoms. The van der Waals surface area contributed by atoms with E-state index in [9.17, 15) is 9.59 Å². The Morgan fingerprint density at radius 1 is 1.32 bits per heavy atom. The highest BCUT2D eigenvalue weighted by molar-refractivity contribution is 7.99. The number of amides is 2. The van der Waals surface area contributed by atoms with E-state index in [0.717, 1.165) is 12.2 Å². The number of benzene rings is 1. The maximum Gasteiger partial charge on any atom is 0.252 e. The molecule has 0 aromatic heterocycles. The third kappa shape index (κ3) is 4.77. The minimum absolute atomic E-state index is 0.253. The first kappa shape index (κ1) is 19.4. The molecule has 0 aliphatic carbocycles. The van der Waals surface area contributed by atoms with E-state index in [0.29, 0.717) is 17.1 Å². The lowest BCUT2D eigenvalue weighted by Crippen LogP contribution is -2.70. The molecule has 0 radical (unpaired) electrons. The summed E-state index contributed by atoms with van der Waals surface area (Å²) in [6, 6.07) is 3.91. The Labute approximate surface area is 151 Å². The molecule has 0 spiro atoms. The fraction of sp³-hybridized carbons (Fsp3) is 0.500. The van der Waals surface area contributed by atoms with Crippen LogP contribution < -0.4 is 31.2 Å². The van der Waals surface area contributed by atoms with Crippen LogP contribution in [0.25, 0.3) is 0 Å². The lowest BCUT2D eigenvalue weighted by Gasteiger charge is -2.35. The summed E-state index contributed by atoms with van der Waals surface area (Å²) in [5.74, 6) is 1.12. The van der Waals surface area contributed by atoms with Gasteiger partial charge in [-0.05, 0) is 30.4 Å². The quantitative estimate of drug-likeness (QED) is 0.545. The summed E-state index contributed by atoms with van der Waals surface area (Å²) in [6.07, 6.45) is 0.320. The highest BCUT2D eigenvalue weighted by atomic mass is 32.2. The largest absolute Gasteiger partial charge is 0.493 e. The number of nitrogens with one attached hydrogen (secondary N) is 3. The summed E-state index contributed by atoms with van der Waals surface area (Å²) < 4.78 is 10.3. The van der Waals surface area contributed by atoms with Crippen LogP contribution in [0.15, 0.2) is 18.2 Å². The Kier molecular flexibility index (Phi) is 6.91. The van der Waals surface area contributed by atoms with E-state index in [1.165, 1.54) is 14.2 Å². The summed E-state index contributed by atoms with van der Waals surface area (Å²) in [5.41, 5.74) is 6.11. The number of methoxy groups -OCH3 is 2. The number of thioether (sulfide) groups is 1. The lowest BCUT2D eigenvalue weighted by molar-refractivity contribution is -0.125. The fourth-order valence-electron chi connectivity index (χ4n) is 2.38. The summed E-state index contributed by atoms with van der Waals surface area (Å²) in [6.45, 7) is 2.06. The average molecular weight is 368 g/mol. The van der Waals surface area contributed by atoms with E-state index in [4.69, 9.17) is 15.2 Å². The van der Waals surface area contributed by atoms with Crippen molar-refractivity contribution in [3.05, 3.63) is 23.8 Å². The Morgan fingerprint density at radius 3 is 2.64 bits per heavy atom. The first-order chi connectivity index (χ1) is 12.0. The molecule has 1 heterocycles. The average Bonchev–Trinajstić information content (AvgIpc) is 2.62. The number of carbonyl (C=O) groups is 2.